The monoisotopic (exact) mass is 345 g/mol. The van der Waals surface area contributed by atoms with Gasteiger partial charge in [-0.1, -0.05) is 20.8 Å². The normalized spacial score (nSPS) is 11.2. The van der Waals surface area contributed by atoms with Gasteiger partial charge in [0, 0.05) is 15.3 Å². The summed E-state index contributed by atoms with van der Waals surface area (Å²) in [6.07, 6.45) is 2.21. The van der Waals surface area contributed by atoms with Crippen LogP contribution in [-0.4, -0.2) is 31.7 Å². The number of aromatic nitrogens is 2. The van der Waals surface area contributed by atoms with E-state index in [9.17, 15) is 9.59 Å². The van der Waals surface area contributed by atoms with Crippen LogP contribution in [0.3, 0.4) is 0 Å². The number of benzene rings is 1. The lowest BCUT2D eigenvalue weighted by atomic mass is 10.2. The molecular weight excluding hydrogens is 326 g/mol. The molecule has 0 aliphatic rings. The highest BCUT2D eigenvalue weighted by Gasteiger charge is 2.15. The number of anilines is 1. The Morgan fingerprint density at radius 1 is 1.12 bits per heavy atom. The summed E-state index contributed by atoms with van der Waals surface area (Å²) in [6, 6.07) is 5.82. The minimum atomic E-state index is -1.18. The number of nitrogens with zero attached hydrogens (tertiary/aromatic N) is 2. The van der Waals surface area contributed by atoms with Crippen molar-refractivity contribution in [2.45, 2.75) is 37.3 Å². The number of amides is 1. The Balaban J connectivity index is 2.12. The zero-order valence-electron chi connectivity index (χ0n) is 14.0. The SMILES string of the molecule is Cc1cc(SC(C)(C)C)ccc1NC(=O)c1cnc(C(=O)O)cn1. The lowest BCUT2D eigenvalue weighted by Crippen LogP contribution is -2.16. The molecule has 126 valence electrons. The van der Waals surface area contributed by atoms with Crippen LogP contribution in [0.4, 0.5) is 5.69 Å². The van der Waals surface area contributed by atoms with Crippen LogP contribution in [0.15, 0.2) is 35.5 Å². The van der Waals surface area contributed by atoms with E-state index in [1.54, 1.807) is 11.8 Å². The predicted molar refractivity (Wildman–Crippen MR) is 93.7 cm³/mol. The van der Waals surface area contributed by atoms with Crippen LogP contribution in [0.25, 0.3) is 0 Å². The highest BCUT2D eigenvalue weighted by atomic mass is 32.2. The first-order chi connectivity index (χ1) is 11.2. The molecule has 0 radical (unpaired) electrons. The molecule has 2 N–H and O–H groups in total. The first-order valence-corrected chi connectivity index (χ1v) is 8.14. The van der Waals surface area contributed by atoms with Gasteiger partial charge in [0.1, 0.15) is 5.69 Å². The van der Waals surface area contributed by atoms with Gasteiger partial charge in [-0.2, -0.15) is 0 Å². The second-order valence-electron chi connectivity index (χ2n) is 6.24. The van der Waals surface area contributed by atoms with Crippen molar-refractivity contribution in [3.63, 3.8) is 0 Å². The van der Waals surface area contributed by atoms with E-state index in [-0.39, 0.29) is 16.1 Å². The summed E-state index contributed by atoms with van der Waals surface area (Å²) in [5.41, 5.74) is 1.48. The van der Waals surface area contributed by atoms with Crippen molar-refractivity contribution in [2.24, 2.45) is 0 Å². The number of carboxylic acids is 1. The van der Waals surface area contributed by atoms with Gasteiger partial charge in [-0.3, -0.25) is 4.79 Å². The van der Waals surface area contributed by atoms with Crippen LogP contribution in [0.5, 0.6) is 0 Å². The highest BCUT2D eigenvalue weighted by Crippen LogP contribution is 2.33. The largest absolute Gasteiger partial charge is 0.476 e. The number of aryl methyl sites for hydroxylation is 1. The van der Waals surface area contributed by atoms with Crippen molar-refractivity contribution in [3.8, 4) is 0 Å². The molecule has 0 spiro atoms. The Kier molecular flexibility index (Phi) is 5.23. The number of hydrogen-bond donors (Lipinski definition) is 2. The Morgan fingerprint density at radius 3 is 2.25 bits per heavy atom. The summed E-state index contributed by atoms with van der Waals surface area (Å²) in [7, 11) is 0. The number of hydrogen-bond acceptors (Lipinski definition) is 5. The molecule has 7 heteroatoms. The summed E-state index contributed by atoms with van der Waals surface area (Å²) in [5, 5.41) is 11.6. The van der Waals surface area contributed by atoms with E-state index in [2.05, 4.69) is 36.1 Å². The maximum Gasteiger partial charge on any atom is 0.356 e. The van der Waals surface area contributed by atoms with Gasteiger partial charge in [-0.25, -0.2) is 14.8 Å². The van der Waals surface area contributed by atoms with Gasteiger partial charge in [0.2, 0.25) is 0 Å². The second-order valence-corrected chi connectivity index (χ2v) is 8.14. The molecule has 0 atom stereocenters. The third-order valence-electron chi connectivity index (χ3n) is 2.97. The number of rotatable bonds is 4. The topological polar surface area (TPSA) is 92.2 Å². The molecule has 0 bridgehead atoms. The molecule has 0 fully saturated rings. The fraction of sp³-hybridized carbons (Fsp3) is 0.294. The van der Waals surface area contributed by atoms with E-state index in [0.29, 0.717) is 5.69 Å². The van der Waals surface area contributed by atoms with Gasteiger partial charge in [0.15, 0.2) is 5.69 Å². The maximum atomic E-state index is 12.2. The van der Waals surface area contributed by atoms with E-state index >= 15 is 0 Å². The molecule has 6 nitrogen and oxygen atoms in total. The molecule has 0 aliphatic heterocycles. The van der Waals surface area contributed by atoms with Gasteiger partial charge in [-0.05, 0) is 30.7 Å². The smallest absolute Gasteiger partial charge is 0.356 e. The fourth-order valence-corrected chi connectivity index (χ4v) is 3.01. The number of nitrogens with one attached hydrogen (secondary N) is 1. The number of carbonyl (C=O) groups is 2. The minimum Gasteiger partial charge on any atom is -0.476 e. The van der Waals surface area contributed by atoms with Crippen molar-refractivity contribution in [1.82, 2.24) is 9.97 Å². The molecule has 1 heterocycles. The molecular formula is C17H19N3O3S. The number of aromatic carboxylic acids is 1. The van der Waals surface area contributed by atoms with E-state index in [1.807, 2.05) is 25.1 Å². The van der Waals surface area contributed by atoms with Crippen LogP contribution in [0.2, 0.25) is 0 Å². The zero-order chi connectivity index (χ0) is 17.9. The Bertz CT molecular complexity index is 768. The fourth-order valence-electron chi connectivity index (χ4n) is 1.94. The average molecular weight is 345 g/mol. The van der Waals surface area contributed by atoms with Crippen LogP contribution in [0.1, 0.15) is 47.3 Å². The van der Waals surface area contributed by atoms with Crippen molar-refractivity contribution in [2.75, 3.05) is 5.32 Å². The van der Waals surface area contributed by atoms with Crippen molar-refractivity contribution in [3.05, 3.63) is 47.5 Å². The summed E-state index contributed by atoms with van der Waals surface area (Å²) < 4.78 is 0.110. The molecule has 0 saturated carbocycles. The molecule has 24 heavy (non-hydrogen) atoms. The summed E-state index contributed by atoms with van der Waals surface area (Å²) in [4.78, 5) is 31.6. The summed E-state index contributed by atoms with van der Waals surface area (Å²) in [5.74, 6) is -1.61. The van der Waals surface area contributed by atoms with Gasteiger partial charge in [0.25, 0.3) is 5.91 Å². The van der Waals surface area contributed by atoms with Crippen molar-refractivity contribution in [1.29, 1.82) is 0 Å². The maximum absolute atomic E-state index is 12.2. The van der Waals surface area contributed by atoms with E-state index in [4.69, 9.17) is 5.11 Å². The zero-order valence-corrected chi connectivity index (χ0v) is 14.8. The Morgan fingerprint density at radius 2 is 1.75 bits per heavy atom. The van der Waals surface area contributed by atoms with Crippen LogP contribution in [-0.2, 0) is 0 Å². The highest BCUT2D eigenvalue weighted by molar-refractivity contribution is 8.00. The first-order valence-electron chi connectivity index (χ1n) is 7.32. The lowest BCUT2D eigenvalue weighted by Gasteiger charge is -2.18. The standard InChI is InChI=1S/C17H19N3O3S/c1-10-7-11(24-17(2,3)4)5-6-12(10)20-15(21)13-8-19-14(9-18-13)16(22)23/h5-9H,1-4H3,(H,20,21)(H,22,23). The Hall–Kier alpha value is -2.41. The molecule has 1 aromatic carbocycles. The second kappa shape index (κ2) is 7.00. The predicted octanol–water partition coefficient (Wildman–Crippen LogP) is 3.63. The van der Waals surface area contributed by atoms with E-state index < -0.39 is 11.9 Å². The Labute approximate surface area is 144 Å². The van der Waals surface area contributed by atoms with Gasteiger partial charge in [0.05, 0.1) is 12.4 Å². The number of carbonyl (C=O) groups excluding carboxylic acids is 1. The molecule has 2 aromatic rings. The molecule has 2 rings (SSSR count). The molecule has 1 amide bonds. The third kappa shape index (κ3) is 4.79. The van der Waals surface area contributed by atoms with Crippen LogP contribution in [0, 0.1) is 6.92 Å². The van der Waals surface area contributed by atoms with Crippen molar-refractivity contribution < 1.29 is 14.7 Å². The first kappa shape index (κ1) is 17.9. The molecule has 1 aromatic heterocycles. The van der Waals surface area contributed by atoms with Gasteiger partial charge < -0.3 is 10.4 Å². The number of thioether (sulfide) groups is 1. The lowest BCUT2D eigenvalue weighted by molar-refractivity contribution is 0.0689. The third-order valence-corrected chi connectivity index (χ3v) is 4.08. The molecule has 0 aliphatic carbocycles. The molecule has 0 unspecified atom stereocenters. The average Bonchev–Trinajstić information content (AvgIpc) is 2.48. The quantitative estimate of drug-likeness (QED) is 0.822. The summed E-state index contributed by atoms with van der Waals surface area (Å²) in [6.45, 7) is 8.34. The van der Waals surface area contributed by atoms with Gasteiger partial charge in [-0.15, -0.1) is 11.8 Å². The number of carboxylic acid groups (broad SMARTS) is 1. The van der Waals surface area contributed by atoms with Crippen molar-refractivity contribution >= 4 is 29.3 Å². The van der Waals surface area contributed by atoms with Gasteiger partial charge >= 0.3 is 5.97 Å². The minimum absolute atomic E-state index is 0.0625. The van der Waals surface area contributed by atoms with E-state index in [0.717, 1.165) is 22.9 Å². The van der Waals surface area contributed by atoms with E-state index in [1.165, 1.54) is 0 Å². The van der Waals surface area contributed by atoms with Crippen LogP contribution < -0.4 is 5.32 Å². The summed E-state index contributed by atoms with van der Waals surface area (Å²) >= 11 is 1.75. The van der Waals surface area contributed by atoms with Crippen LogP contribution >= 0.6 is 11.8 Å². The molecule has 0 saturated heterocycles.